The van der Waals surface area contributed by atoms with Crippen LogP contribution in [-0.4, -0.2) is 51.4 Å². The Balaban J connectivity index is 1.81. The van der Waals surface area contributed by atoms with Crippen LogP contribution < -0.4 is 14.4 Å². The summed E-state index contributed by atoms with van der Waals surface area (Å²) in [7, 11) is -2.80. The Kier molecular flexibility index (Phi) is 12.9. The number of carbonyl (C=O) groups excluding carboxylic acids is 2. The predicted molar refractivity (Wildman–Crippen MR) is 190 cm³/mol. The number of sulfonamides is 1. The van der Waals surface area contributed by atoms with Crippen molar-refractivity contribution in [1.29, 1.82) is 0 Å². The highest BCUT2D eigenvalue weighted by atomic mass is 79.9. The first-order chi connectivity index (χ1) is 22.5. The zero-order chi connectivity index (χ0) is 34.0. The summed E-state index contributed by atoms with van der Waals surface area (Å²) < 4.78 is 35.6. The van der Waals surface area contributed by atoms with Crippen molar-refractivity contribution in [2.45, 2.75) is 50.6 Å². The first-order valence-corrected chi connectivity index (χ1v) is 17.9. The Morgan fingerprint density at radius 2 is 1.62 bits per heavy atom. The van der Waals surface area contributed by atoms with Crippen molar-refractivity contribution in [2.75, 3.05) is 24.5 Å². The molecule has 4 aromatic rings. The molecule has 0 saturated heterocycles. The predicted octanol–water partition coefficient (Wildman–Crippen LogP) is 7.17. The van der Waals surface area contributed by atoms with Gasteiger partial charge in [0.15, 0.2) is 0 Å². The topological polar surface area (TPSA) is 96.0 Å². The van der Waals surface area contributed by atoms with Gasteiger partial charge in [-0.1, -0.05) is 101 Å². The third-order valence-corrected chi connectivity index (χ3v) is 10.3. The highest BCUT2D eigenvalue weighted by Gasteiger charge is 2.34. The molecule has 4 aromatic carbocycles. The number of carbonyl (C=O) groups is 2. The number of nitrogens with zero attached hydrogens (tertiary/aromatic N) is 2. The number of halogens is 2. The van der Waals surface area contributed by atoms with E-state index in [4.69, 9.17) is 16.3 Å². The summed E-state index contributed by atoms with van der Waals surface area (Å²) in [6, 6.07) is 26.9. The molecule has 11 heteroatoms. The van der Waals surface area contributed by atoms with Crippen LogP contribution in [0.2, 0.25) is 5.02 Å². The fourth-order valence-corrected chi connectivity index (χ4v) is 6.95. The van der Waals surface area contributed by atoms with Gasteiger partial charge < -0.3 is 15.0 Å². The lowest BCUT2D eigenvalue weighted by atomic mass is 10.0. The summed E-state index contributed by atoms with van der Waals surface area (Å²) in [5.74, 6) is -0.506. The molecule has 0 fully saturated rings. The smallest absolute Gasteiger partial charge is 0.264 e. The first-order valence-electron chi connectivity index (χ1n) is 15.3. The average molecular weight is 741 g/mol. The average Bonchev–Trinajstić information content (AvgIpc) is 3.06. The van der Waals surface area contributed by atoms with Gasteiger partial charge in [0.2, 0.25) is 11.8 Å². The van der Waals surface area contributed by atoms with E-state index in [1.54, 1.807) is 24.3 Å². The van der Waals surface area contributed by atoms with Gasteiger partial charge in [-0.05, 0) is 66.9 Å². The molecule has 0 radical (unpaired) electrons. The highest BCUT2D eigenvalue weighted by Crippen LogP contribution is 2.32. The Bertz CT molecular complexity index is 1750. The van der Waals surface area contributed by atoms with Crippen LogP contribution in [0.3, 0.4) is 0 Å². The number of amides is 2. The minimum Gasteiger partial charge on any atom is -0.495 e. The zero-order valence-electron chi connectivity index (χ0n) is 26.7. The van der Waals surface area contributed by atoms with Crippen LogP contribution in [0, 0.1) is 6.92 Å². The third kappa shape index (κ3) is 9.59. The van der Waals surface area contributed by atoms with Gasteiger partial charge >= 0.3 is 0 Å². The molecule has 0 spiro atoms. The van der Waals surface area contributed by atoms with E-state index in [0.29, 0.717) is 12.3 Å². The fraction of sp³-hybridized carbons (Fsp3) is 0.278. The Morgan fingerprint density at radius 3 is 2.23 bits per heavy atom. The van der Waals surface area contributed by atoms with Gasteiger partial charge in [0.1, 0.15) is 18.3 Å². The molecule has 0 aliphatic rings. The second-order valence-corrected chi connectivity index (χ2v) is 14.3. The van der Waals surface area contributed by atoms with E-state index in [0.717, 1.165) is 38.3 Å². The number of ether oxygens (including phenoxy) is 1. The van der Waals surface area contributed by atoms with Gasteiger partial charge in [-0.25, -0.2) is 8.42 Å². The minimum atomic E-state index is -4.26. The molecule has 8 nitrogen and oxygen atoms in total. The SMILES string of the molecule is CCCCNC(=O)[C@H](Cc1ccccc1)N(Cc1ccc(Br)cc1)C(=O)CN(c1ccc(OC)c(Cl)c1)S(=O)(=O)c1ccc(C)cc1. The molecule has 0 bridgehead atoms. The van der Waals surface area contributed by atoms with Crippen molar-refractivity contribution in [3.05, 3.63) is 123 Å². The Labute approximate surface area is 290 Å². The van der Waals surface area contributed by atoms with Gasteiger partial charge in [-0.3, -0.25) is 13.9 Å². The van der Waals surface area contributed by atoms with E-state index < -0.39 is 28.5 Å². The minimum absolute atomic E-state index is 0.0143. The monoisotopic (exact) mass is 739 g/mol. The van der Waals surface area contributed by atoms with E-state index in [2.05, 4.69) is 21.2 Å². The van der Waals surface area contributed by atoms with E-state index in [1.807, 2.05) is 68.4 Å². The van der Waals surface area contributed by atoms with Crippen molar-refractivity contribution in [1.82, 2.24) is 10.2 Å². The van der Waals surface area contributed by atoms with Crippen molar-refractivity contribution in [3.63, 3.8) is 0 Å². The number of aryl methyl sites for hydroxylation is 1. The summed E-state index contributed by atoms with van der Waals surface area (Å²) >= 11 is 9.91. The standard InChI is InChI=1S/C36H39BrClN3O5S/c1-4-5-21-39-36(43)33(22-27-9-7-6-8-10-27)40(24-28-13-15-29(37)16-14-28)35(42)25-41(30-17-20-34(46-3)32(38)23-30)47(44,45)31-18-11-26(2)12-19-31/h6-20,23,33H,4-5,21-22,24-25H2,1-3H3,(H,39,43)/t33-/m0/s1. The van der Waals surface area contributed by atoms with E-state index in [-0.39, 0.29) is 34.5 Å². The lowest BCUT2D eigenvalue weighted by Gasteiger charge is -2.34. The van der Waals surface area contributed by atoms with Gasteiger partial charge in [-0.15, -0.1) is 0 Å². The number of nitrogens with one attached hydrogen (secondary N) is 1. The van der Waals surface area contributed by atoms with E-state index >= 15 is 0 Å². The van der Waals surface area contributed by atoms with Crippen LogP contribution in [0.1, 0.15) is 36.5 Å². The maximum atomic E-state index is 14.6. The Hall–Kier alpha value is -3.86. The van der Waals surface area contributed by atoms with Crippen LogP contribution in [0.5, 0.6) is 5.75 Å². The molecule has 0 saturated carbocycles. The molecule has 248 valence electrons. The number of hydrogen-bond donors (Lipinski definition) is 1. The molecule has 4 rings (SSSR count). The van der Waals surface area contributed by atoms with Crippen molar-refractivity contribution < 1.29 is 22.7 Å². The van der Waals surface area contributed by atoms with E-state index in [1.165, 1.54) is 30.2 Å². The second-order valence-electron chi connectivity index (χ2n) is 11.1. The number of rotatable bonds is 15. The largest absolute Gasteiger partial charge is 0.495 e. The lowest BCUT2D eigenvalue weighted by molar-refractivity contribution is -0.140. The van der Waals surface area contributed by atoms with E-state index in [9.17, 15) is 18.0 Å². The molecule has 0 aromatic heterocycles. The fourth-order valence-electron chi connectivity index (χ4n) is 5.02. The number of hydrogen-bond acceptors (Lipinski definition) is 5. The van der Waals surface area contributed by atoms with Gasteiger partial charge in [0.05, 0.1) is 22.7 Å². The van der Waals surface area contributed by atoms with Gasteiger partial charge in [0, 0.05) is 24.0 Å². The first kappa shape index (κ1) is 36.0. The molecule has 0 aliphatic heterocycles. The summed E-state index contributed by atoms with van der Waals surface area (Å²) in [6.07, 6.45) is 1.91. The molecule has 0 unspecified atom stereocenters. The van der Waals surface area contributed by atoms with Crippen molar-refractivity contribution >= 4 is 55.1 Å². The normalized spacial score (nSPS) is 11.9. The molecule has 47 heavy (non-hydrogen) atoms. The van der Waals surface area contributed by atoms with Crippen molar-refractivity contribution in [2.24, 2.45) is 0 Å². The molecular formula is C36H39BrClN3O5S. The second kappa shape index (κ2) is 16.8. The molecule has 1 atom stereocenters. The van der Waals surface area contributed by atoms with Crippen LogP contribution in [0.15, 0.2) is 106 Å². The molecule has 0 aliphatic carbocycles. The number of benzene rings is 4. The van der Waals surface area contributed by atoms with Crippen molar-refractivity contribution in [3.8, 4) is 5.75 Å². The number of unbranched alkanes of at least 4 members (excludes halogenated alkanes) is 1. The maximum absolute atomic E-state index is 14.6. The quantitative estimate of drug-likeness (QED) is 0.131. The summed E-state index contributed by atoms with van der Waals surface area (Å²) in [5.41, 5.74) is 2.71. The summed E-state index contributed by atoms with van der Waals surface area (Å²) in [4.78, 5) is 29.9. The Morgan fingerprint density at radius 1 is 0.936 bits per heavy atom. The molecule has 1 N–H and O–H groups in total. The molecule has 2 amide bonds. The third-order valence-electron chi connectivity index (χ3n) is 7.68. The summed E-state index contributed by atoms with van der Waals surface area (Å²) in [6.45, 7) is 3.85. The number of anilines is 1. The maximum Gasteiger partial charge on any atom is 0.264 e. The van der Waals surface area contributed by atoms with Crippen LogP contribution in [0.25, 0.3) is 0 Å². The van der Waals surface area contributed by atoms with Crippen LogP contribution in [0.4, 0.5) is 5.69 Å². The lowest BCUT2D eigenvalue weighted by Crippen LogP contribution is -2.53. The van der Waals surface area contributed by atoms with Gasteiger partial charge in [0.25, 0.3) is 10.0 Å². The van der Waals surface area contributed by atoms with Gasteiger partial charge in [-0.2, -0.15) is 0 Å². The summed E-state index contributed by atoms with van der Waals surface area (Å²) in [5, 5.41) is 3.18. The highest BCUT2D eigenvalue weighted by molar-refractivity contribution is 9.10. The number of methoxy groups -OCH3 is 1. The zero-order valence-corrected chi connectivity index (χ0v) is 29.8. The van der Waals surface area contributed by atoms with Crippen LogP contribution >= 0.6 is 27.5 Å². The molecular weight excluding hydrogens is 702 g/mol. The molecule has 0 heterocycles. The van der Waals surface area contributed by atoms with Crippen LogP contribution in [-0.2, 0) is 32.6 Å².